The van der Waals surface area contributed by atoms with E-state index in [0.29, 0.717) is 0 Å². The van der Waals surface area contributed by atoms with Gasteiger partial charge in [-0.25, -0.2) is 4.79 Å². The number of carboxylic acid groups (broad SMARTS) is 1. The topological polar surface area (TPSA) is 125 Å². The molecule has 8 nitrogen and oxygen atoms in total. The van der Waals surface area contributed by atoms with Gasteiger partial charge in [0.15, 0.2) is 0 Å². The second-order valence-electron chi connectivity index (χ2n) is 4.62. The summed E-state index contributed by atoms with van der Waals surface area (Å²) < 4.78 is 0. The van der Waals surface area contributed by atoms with Crippen LogP contribution in [0.25, 0.3) is 0 Å². The fourth-order valence-corrected chi connectivity index (χ4v) is 0.887. The summed E-state index contributed by atoms with van der Waals surface area (Å²) in [7, 11) is 0. The van der Waals surface area contributed by atoms with Crippen molar-refractivity contribution in [2.45, 2.75) is 53.4 Å². The Bertz CT molecular complexity index is 364. The molecule has 0 fully saturated rings. The molecule has 0 heterocycles. The van der Waals surface area contributed by atoms with Crippen LogP contribution >= 0.6 is 0 Å². The van der Waals surface area contributed by atoms with Gasteiger partial charge in [0.2, 0.25) is 0 Å². The van der Waals surface area contributed by atoms with Gasteiger partial charge in [-0.3, -0.25) is 9.59 Å². The summed E-state index contributed by atoms with van der Waals surface area (Å²) in [5.74, 6) is -3.31. The summed E-state index contributed by atoms with van der Waals surface area (Å²) in [4.78, 5) is 36.3. The van der Waals surface area contributed by atoms with Crippen LogP contribution in [0.5, 0.6) is 0 Å². The van der Waals surface area contributed by atoms with E-state index >= 15 is 0 Å². The Kier molecular flexibility index (Phi) is 13.0. The molecule has 0 aliphatic heterocycles. The van der Waals surface area contributed by atoms with Crippen LogP contribution in [0.1, 0.15) is 53.4 Å². The molecule has 0 aliphatic rings. The van der Waals surface area contributed by atoms with Crippen molar-refractivity contribution in [3.05, 3.63) is 0 Å². The molecular formula is C13H24N2O6. The molecule has 0 unspecified atom stereocenters. The van der Waals surface area contributed by atoms with Crippen molar-refractivity contribution < 1.29 is 29.5 Å². The highest BCUT2D eigenvalue weighted by Crippen LogP contribution is 2.01. The average molecular weight is 304 g/mol. The summed E-state index contributed by atoms with van der Waals surface area (Å²) >= 11 is 0. The Hall–Kier alpha value is -2.12. The van der Waals surface area contributed by atoms with Gasteiger partial charge in [0.05, 0.1) is 0 Å². The van der Waals surface area contributed by atoms with E-state index in [1.165, 1.54) is 12.8 Å². The number of carboxylic acids is 1. The van der Waals surface area contributed by atoms with Gasteiger partial charge in [0, 0.05) is 6.42 Å². The van der Waals surface area contributed by atoms with Crippen LogP contribution in [0, 0.1) is 5.92 Å². The summed E-state index contributed by atoms with van der Waals surface area (Å²) in [6, 6.07) is 0. The van der Waals surface area contributed by atoms with Gasteiger partial charge in [-0.05, 0) is 5.92 Å². The van der Waals surface area contributed by atoms with Gasteiger partial charge in [-0.15, -0.1) is 0 Å². The molecule has 0 saturated heterocycles. The maximum atomic E-state index is 11.3. The number of hydrogen-bond acceptors (Lipinski definition) is 6. The molecule has 1 amide bonds. The molecule has 8 heteroatoms. The lowest BCUT2D eigenvalue weighted by molar-refractivity contribution is -0.160. The predicted molar refractivity (Wildman–Crippen MR) is 75.7 cm³/mol. The number of carbonyl (C=O) groups is 3. The number of hydrogen-bond donors (Lipinski definition) is 3. The quantitative estimate of drug-likeness (QED) is 0.297. The van der Waals surface area contributed by atoms with Crippen LogP contribution in [0.3, 0.4) is 0 Å². The lowest BCUT2D eigenvalue weighted by Gasteiger charge is -2.07. The molecule has 0 spiro atoms. The maximum Gasteiger partial charge on any atom is 0.343 e. The van der Waals surface area contributed by atoms with Crippen LogP contribution in [0.15, 0.2) is 5.16 Å². The fraction of sp³-hybridized carbons (Fsp3) is 0.692. The van der Waals surface area contributed by atoms with E-state index in [-0.39, 0.29) is 18.1 Å². The molecule has 0 atom stereocenters. The third-order valence-electron chi connectivity index (χ3n) is 2.04. The van der Waals surface area contributed by atoms with Gasteiger partial charge < -0.3 is 15.2 Å². The van der Waals surface area contributed by atoms with E-state index in [1.807, 2.05) is 0 Å². The number of hydroxylamine groups is 1. The smallest absolute Gasteiger partial charge is 0.343 e. The lowest BCUT2D eigenvalue weighted by atomic mass is 10.1. The number of unbranched alkanes of at least 4 members (excludes halogenated alkanes) is 1. The van der Waals surface area contributed by atoms with Crippen molar-refractivity contribution >= 4 is 23.6 Å². The minimum Gasteiger partial charge on any atom is -0.481 e. The van der Waals surface area contributed by atoms with Crippen molar-refractivity contribution in [3.8, 4) is 0 Å². The zero-order valence-corrected chi connectivity index (χ0v) is 12.9. The summed E-state index contributed by atoms with van der Waals surface area (Å²) in [5, 5.41) is 19.6. The van der Waals surface area contributed by atoms with Gasteiger partial charge in [0.25, 0.3) is 0 Å². The molecular weight excluding hydrogens is 280 g/mol. The minimum absolute atomic E-state index is 0.0707. The highest BCUT2D eigenvalue weighted by atomic mass is 16.7. The number of amides is 1. The fourth-order valence-electron chi connectivity index (χ4n) is 0.887. The largest absolute Gasteiger partial charge is 0.481 e. The van der Waals surface area contributed by atoms with Crippen molar-refractivity contribution in [1.29, 1.82) is 0 Å². The van der Waals surface area contributed by atoms with Gasteiger partial charge >= 0.3 is 17.8 Å². The first-order valence-corrected chi connectivity index (χ1v) is 6.71. The first kappa shape index (κ1) is 21.2. The zero-order chi connectivity index (χ0) is 16.8. The van der Waals surface area contributed by atoms with Gasteiger partial charge in [0.1, 0.15) is 12.1 Å². The summed E-state index contributed by atoms with van der Waals surface area (Å²) in [6.45, 7) is 7.96. The van der Waals surface area contributed by atoms with E-state index in [0.717, 1.165) is 0 Å². The Morgan fingerprint density at radius 2 is 1.71 bits per heavy atom. The van der Waals surface area contributed by atoms with E-state index < -0.39 is 24.3 Å². The molecule has 0 bridgehead atoms. The highest BCUT2D eigenvalue weighted by Gasteiger charge is 2.17. The van der Waals surface area contributed by atoms with Crippen LogP contribution < -0.4 is 5.48 Å². The highest BCUT2D eigenvalue weighted by molar-refractivity contribution is 6.38. The zero-order valence-electron chi connectivity index (χ0n) is 12.9. The second kappa shape index (κ2) is 12.9. The molecule has 0 aromatic heterocycles. The first-order chi connectivity index (χ1) is 9.78. The summed E-state index contributed by atoms with van der Waals surface area (Å²) in [5.41, 5.74) is 1.50. The van der Waals surface area contributed by atoms with Crippen molar-refractivity contribution in [3.63, 3.8) is 0 Å². The third-order valence-corrected chi connectivity index (χ3v) is 2.04. The SMILES string of the molecule is CC(C)C/C(=N/O)C(=O)NOC(=O)CC(=O)O.CCCC. The van der Waals surface area contributed by atoms with Crippen LogP contribution in [0.4, 0.5) is 0 Å². The van der Waals surface area contributed by atoms with Gasteiger partial charge in [-0.1, -0.05) is 45.7 Å². The standard InChI is InChI=1S/C9H14N2O6.C4H10/c1-5(2)3-6(10-16)9(15)11-17-8(14)4-7(12)13;1-3-4-2/h5,16H,3-4H2,1-2H3,(H,11,15)(H,12,13);3-4H2,1-2H3/b10-6-;. The predicted octanol–water partition coefficient (Wildman–Crippen LogP) is 1.72. The lowest BCUT2D eigenvalue weighted by Crippen LogP contribution is -2.34. The summed E-state index contributed by atoms with van der Waals surface area (Å²) in [6.07, 6.45) is 1.97. The number of aliphatic carboxylic acids is 1. The maximum absolute atomic E-state index is 11.3. The number of oxime groups is 1. The number of nitrogens with one attached hydrogen (secondary N) is 1. The first-order valence-electron chi connectivity index (χ1n) is 6.71. The average Bonchev–Trinajstić information content (AvgIpc) is 2.41. The van der Waals surface area contributed by atoms with Crippen LogP contribution in [-0.2, 0) is 19.2 Å². The van der Waals surface area contributed by atoms with E-state index in [4.69, 9.17) is 10.3 Å². The number of nitrogens with zero attached hydrogens (tertiary/aromatic N) is 1. The van der Waals surface area contributed by atoms with Crippen molar-refractivity contribution in [2.75, 3.05) is 0 Å². The molecule has 0 radical (unpaired) electrons. The molecule has 21 heavy (non-hydrogen) atoms. The second-order valence-corrected chi connectivity index (χ2v) is 4.62. The Labute approximate surface area is 124 Å². The van der Waals surface area contributed by atoms with Crippen LogP contribution in [0.2, 0.25) is 0 Å². The minimum atomic E-state index is -1.37. The molecule has 0 aliphatic carbocycles. The Balaban J connectivity index is 0. The number of carbonyl (C=O) groups excluding carboxylic acids is 2. The third kappa shape index (κ3) is 14.1. The van der Waals surface area contributed by atoms with Crippen molar-refractivity contribution in [2.24, 2.45) is 11.1 Å². The molecule has 0 rings (SSSR count). The van der Waals surface area contributed by atoms with E-state index in [9.17, 15) is 14.4 Å². The number of rotatable bonds is 6. The molecule has 0 saturated carbocycles. The Morgan fingerprint density at radius 3 is 2.05 bits per heavy atom. The monoisotopic (exact) mass is 304 g/mol. The molecule has 0 aromatic rings. The molecule has 0 aromatic carbocycles. The van der Waals surface area contributed by atoms with Crippen molar-refractivity contribution in [1.82, 2.24) is 5.48 Å². The van der Waals surface area contributed by atoms with E-state index in [2.05, 4.69) is 23.8 Å². The van der Waals surface area contributed by atoms with E-state index in [1.54, 1.807) is 19.3 Å². The van der Waals surface area contributed by atoms with Crippen LogP contribution in [-0.4, -0.2) is 33.9 Å². The Morgan fingerprint density at radius 1 is 1.19 bits per heavy atom. The molecule has 122 valence electrons. The molecule has 3 N–H and O–H groups in total. The normalized spacial score (nSPS) is 10.4. The van der Waals surface area contributed by atoms with Gasteiger partial charge in [-0.2, -0.15) is 5.48 Å².